The minimum absolute atomic E-state index is 0.0494. The zero-order valence-corrected chi connectivity index (χ0v) is 12.2. The van der Waals surface area contributed by atoms with Gasteiger partial charge in [0.05, 0.1) is 5.56 Å². The first-order valence-electron chi connectivity index (χ1n) is 6.53. The monoisotopic (exact) mass is 304 g/mol. The van der Waals surface area contributed by atoms with Crippen LogP contribution in [-0.2, 0) is 0 Å². The average molecular weight is 304 g/mol. The summed E-state index contributed by atoms with van der Waals surface area (Å²) in [5.41, 5.74) is 1.77. The first-order chi connectivity index (χ1) is 10.2. The third-order valence-electron chi connectivity index (χ3n) is 2.81. The zero-order valence-electron chi connectivity index (χ0n) is 11.3. The molecule has 0 unspecified atom stereocenters. The minimum Gasteiger partial charge on any atom is -0.396 e. The summed E-state index contributed by atoms with van der Waals surface area (Å²) >= 11 is 1.46. The number of anilines is 1. The van der Waals surface area contributed by atoms with Gasteiger partial charge in [0.15, 0.2) is 0 Å². The maximum Gasteiger partial charge on any atom is 0.256 e. The van der Waals surface area contributed by atoms with Crippen molar-refractivity contribution in [3.8, 4) is 0 Å². The van der Waals surface area contributed by atoms with Crippen molar-refractivity contribution in [2.75, 3.05) is 18.5 Å². The second-order valence-corrected chi connectivity index (χ2v) is 5.16. The van der Waals surface area contributed by atoms with E-state index in [-0.39, 0.29) is 18.4 Å². The van der Waals surface area contributed by atoms with Crippen LogP contribution >= 0.6 is 11.3 Å². The Morgan fingerprint density at radius 1 is 1.05 bits per heavy atom. The molecule has 1 aromatic heterocycles. The van der Waals surface area contributed by atoms with Gasteiger partial charge in [-0.1, -0.05) is 0 Å². The third-order valence-corrected chi connectivity index (χ3v) is 3.49. The van der Waals surface area contributed by atoms with Gasteiger partial charge in [-0.3, -0.25) is 9.59 Å². The molecule has 0 saturated heterocycles. The highest BCUT2D eigenvalue weighted by Gasteiger charge is 2.08. The van der Waals surface area contributed by atoms with Gasteiger partial charge in [-0.2, -0.15) is 11.3 Å². The number of carbonyl (C=O) groups is 2. The summed E-state index contributed by atoms with van der Waals surface area (Å²) in [6.45, 7) is 0.486. The Morgan fingerprint density at radius 2 is 1.81 bits per heavy atom. The lowest BCUT2D eigenvalue weighted by atomic mass is 10.2. The molecule has 1 heterocycles. The summed E-state index contributed by atoms with van der Waals surface area (Å²) in [7, 11) is 0. The van der Waals surface area contributed by atoms with Gasteiger partial charge in [0, 0.05) is 29.8 Å². The van der Waals surface area contributed by atoms with E-state index in [0.717, 1.165) is 0 Å². The number of carbonyl (C=O) groups excluding carboxylic acids is 2. The molecule has 3 N–H and O–H groups in total. The molecule has 0 saturated carbocycles. The molecule has 21 heavy (non-hydrogen) atoms. The number of benzene rings is 1. The van der Waals surface area contributed by atoms with Crippen molar-refractivity contribution in [1.82, 2.24) is 5.32 Å². The maximum atomic E-state index is 11.9. The van der Waals surface area contributed by atoms with E-state index >= 15 is 0 Å². The summed E-state index contributed by atoms with van der Waals surface area (Å²) in [5.74, 6) is -0.365. The van der Waals surface area contributed by atoms with Gasteiger partial charge < -0.3 is 15.7 Å². The molecule has 5 nitrogen and oxygen atoms in total. The van der Waals surface area contributed by atoms with Crippen LogP contribution in [-0.4, -0.2) is 30.1 Å². The van der Waals surface area contributed by atoms with Gasteiger partial charge in [0.25, 0.3) is 11.8 Å². The number of hydrogen-bond donors (Lipinski definition) is 3. The molecule has 110 valence electrons. The average Bonchev–Trinajstić information content (AvgIpc) is 3.02. The summed E-state index contributed by atoms with van der Waals surface area (Å²) in [6, 6.07) is 8.43. The predicted molar refractivity (Wildman–Crippen MR) is 82.8 cm³/mol. The standard InChI is InChI=1S/C15H16N2O3S/c18-8-1-7-16-14(19)11-2-4-13(5-3-11)17-15(20)12-6-9-21-10-12/h2-6,9-10,18H,1,7-8H2,(H,16,19)(H,17,20). The number of amides is 2. The van der Waals surface area contributed by atoms with Crippen molar-refractivity contribution < 1.29 is 14.7 Å². The number of rotatable bonds is 6. The Bertz CT molecular complexity index is 594. The zero-order chi connectivity index (χ0) is 15.1. The first-order valence-corrected chi connectivity index (χ1v) is 7.47. The second-order valence-electron chi connectivity index (χ2n) is 4.38. The van der Waals surface area contributed by atoms with Crippen molar-refractivity contribution in [1.29, 1.82) is 0 Å². The van der Waals surface area contributed by atoms with E-state index in [1.54, 1.807) is 35.7 Å². The van der Waals surface area contributed by atoms with Crippen LogP contribution in [0.3, 0.4) is 0 Å². The molecule has 2 rings (SSSR count). The van der Waals surface area contributed by atoms with E-state index in [2.05, 4.69) is 10.6 Å². The van der Waals surface area contributed by atoms with Gasteiger partial charge in [-0.05, 0) is 42.1 Å². The SMILES string of the molecule is O=C(NCCCO)c1ccc(NC(=O)c2ccsc2)cc1. The van der Waals surface area contributed by atoms with E-state index in [1.165, 1.54) is 11.3 Å². The van der Waals surface area contributed by atoms with E-state index < -0.39 is 0 Å². The molecule has 0 radical (unpaired) electrons. The lowest BCUT2D eigenvalue weighted by Gasteiger charge is -2.06. The van der Waals surface area contributed by atoms with Crippen LogP contribution in [0.5, 0.6) is 0 Å². The molecule has 2 aromatic rings. The molecule has 0 fully saturated rings. The lowest BCUT2D eigenvalue weighted by Crippen LogP contribution is -2.24. The molecule has 0 atom stereocenters. The topological polar surface area (TPSA) is 78.4 Å². The van der Waals surface area contributed by atoms with E-state index in [1.807, 2.05) is 5.38 Å². The van der Waals surface area contributed by atoms with E-state index in [0.29, 0.717) is 29.8 Å². The van der Waals surface area contributed by atoms with Crippen LogP contribution in [0.1, 0.15) is 27.1 Å². The number of thiophene rings is 1. The lowest BCUT2D eigenvalue weighted by molar-refractivity contribution is 0.0950. The number of hydrogen-bond acceptors (Lipinski definition) is 4. The molecule has 0 bridgehead atoms. The quantitative estimate of drug-likeness (QED) is 0.715. The van der Waals surface area contributed by atoms with Crippen LogP contribution in [0, 0.1) is 0 Å². The smallest absolute Gasteiger partial charge is 0.256 e. The Labute approximate surface area is 126 Å². The highest BCUT2D eigenvalue weighted by Crippen LogP contribution is 2.13. The van der Waals surface area contributed by atoms with Crippen molar-refractivity contribution >= 4 is 28.8 Å². The van der Waals surface area contributed by atoms with Crippen molar-refractivity contribution in [2.24, 2.45) is 0 Å². The van der Waals surface area contributed by atoms with Crippen LogP contribution in [0.15, 0.2) is 41.1 Å². The summed E-state index contributed by atoms with van der Waals surface area (Å²) in [6.07, 6.45) is 0.528. The van der Waals surface area contributed by atoms with Crippen LogP contribution in [0.25, 0.3) is 0 Å². The number of aliphatic hydroxyl groups excluding tert-OH is 1. The Balaban J connectivity index is 1.92. The molecular weight excluding hydrogens is 288 g/mol. The second kappa shape index (κ2) is 7.56. The van der Waals surface area contributed by atoms with Crippen LogP contribution in [0.4, 0.5) is 5.69 Å². The van der Waals surface area contributed by atoms with Gasteiger partial charge in [-0.25, -0.2) is 0 Å². The third kappa shape index (κ3) is 4.40. The van der Waals surface area contributed by atoms with Crippen LogP contribution in [0.2, 0.25) is 0 Å². The first kappa shape index (κ1) is 15.2. The van der Waals surface area contributed by atoms with E-state index in [4.69, 9.17) is 5.11 Å². The van der Waals surface area contributed by atoms with Gasteiger partial charge >= 0.3 is 0 Å². The largest absolute Gasteiger partial charge is 0.396 e. The fraction of sp³-hybridized carbons (Fsp3) is 0.200. The van der Waals surface area contributed by atoms with Gasteiger partial charge in [-0.15, -0.1) is 0 Å². The molecule has 0 spiro atoms. The van der Waals surface area contributed by atoms with Gasteiger partial charge in [0.1, 0.15) is 0 Å². The molecule has 1 aromatic carbocycles. The molecule has 0 aliphatic rings. The number of aliphatic hydroxyl groups is 1. The molecular formula is C15H16N2O3S. The van der Waals surface area contributed by atoms with E-state index in [9.17, 15) is 9.59 Å². The normalized spacial score (nSPS) is 10.1. The summed E-state index contributed by atoms with van der Waals surface area (Å²) < 4.78 is 0. The Kier molecular flexibility index (Phi) is 5.48. The Hall–Kier alpha value is -2.18. The highest BCUT2D eigenvalue weighted by atomic mass is 32.1. The Morgan fingerprint density at radius 3 is 2.43 bits per heavy atom. The van der Waals surface area contributed by atoms with Crippen LogP contribution < -0.4 is 10.6 Å². The molecule has 0 aliphatic heterocycles. The molecule has 6 heteroatoms. The van der Waals surface area contributed by atoms with Gasteiger partial charge in [0.2, 0.25) is 0 Å². The minimum atomic E-state index is -0.195. The van der Waals surface area contributed by atoms with Crippen molar-refractivity contribution in [3.05, 3.63) is 52.2 Å². The van der Waals surface area contributed by atoms with Crippen molar-refractivity contribution in [3.63, 3.8) is 0 Å². The predicted octanol–water partition coefficient (Wildman–Crippen LogP) is 2.11. The fourth-order valence-corrected chi connectivity index (χ4v) is 2.32. The molecule has 0 aliphatic carbocycles. The summed E-state index contributed by atoms with van der Waals surface area (Å²) in [5, 5.41) is 17.7. The highest BCUT2D eigenvalue weighted by molar-refractivity contribution is 7.08. The fourth-order valence-electron chi connectivity index (χ4n) is 1.68. The number of nitrogens with one attached hydrogen (secondary N) is 2. The maximum absolute atomic E-state index is 11.9. The molecule has 2 amide bonds. The van der Waals surface area contributed by atoms with Crippen molar-refractivity contribution in [2.45, 2.75) is 6.42 Å². The summed E-state index contributed by atoms with van der Waals surface area (Å²) in [4.78, 5) is 23.6.